The smallest absolute Gasteiger partial charge is 0.260 e. The van der Waals surface area contributed by atoms with Gasteiger partial charge in [0, 0.05) is 17.6 Å². The van der Waals surface area contributed by atoms with Gasteiger partial charge in [-0.3, -0.25) is 4.79 Å². The summed E-state index contributed by atoms with van der Waals surface area (Å²) in [6.07, 6.45) is 3.88. The molecule has 1 amide bonds. The molecule has 0 aliphatic rings. The van der Waals surface area contributed by atoms with Crippen LogP contribution in [0.15, 0.2) is 36.4 Å². The number of benzene rings is 2. The van der Waals surface area contributed by atoms with E-state index < -0.39 is 6.10 Å². The summed E-state index contributed by atoms with van der Waals surface area (Å²) in [6.45, 7) is 16.9. The molecule has 2 rings (SSSR count). The SMILES string of the molecule is CCC(C)(C)Oc1ccc(CCCCNC(=O)C(C)Oc2ccc(Cl)cc2C)c(OC(C)(C)CC)c1. The maximum atomic E-state index is 12.5. The number of rotatable bonds is 14. The summed E-state index contributed by atoms with van der Waals surface area (Å²) in [7, 11) is 0. The summed E-state index contributed by atoms with van der Waals surface area (Å²) < 4.78 is 18.4. The lowest BCUT2D eigenvalue weighted by Crippen LogP contribution is -2.37. The van der Waals surface area contributed by atoms with E-state index in [1.807, 2.05) is 25.1 Å². The summed E-state index contributed by atoms with van der Waals surface area (Å²) in [6, 6.07) is 11.5. The van der Waals surface area contributed by atoms with Crippen molar-refractivity contribution in [3.05, 3.63) is 52.5 Å². The molecule has 36 heavy (non-hydrogen) atoms. The van der Waals surface area contributed by atoms with Crippen LogP contribution in [0.1, 0.15) is 85.3 Å². The van der Waals surface area contributed by atoms with Crippen LogP contribution < -0.4 is 19.5 Å². The average Bonchev–Trinajstić information content (AvgIpc) is 2.81. The average molecular weight is 518 g/mol. The monoisotopic (exact) mass is 517 g/mol. The molecule has 0 fully saturated rings. The van der Waals surface area contributed by atoms with Crippen molar-refractivity contribution in [3.63, 3.8) is 0 Å². The van der Waals surface area contributed by atoms with Crippen molar-refractivity contribution < 1.29 is 19.0 Å². The summed E-state index contributed by atoms with van der Waals surface area (Å²) in [5.41, 5.74) is 1.56. The van der Waals surface area contributed by atoms with Gasteiger partial charge in [0.15, 0.2) is 6.10 Å². The number of ether oxygens (including phenoxy) is 3. The van der Waals surface area contributed by atoms with Crippen molar-refractivity contribution >= 4 is 17.5 Å². The molecule has 5 nitrogen and oxygen atoms in total. The number of unbranched alkanes of at least 4 members (excludes halogenated alkanes) is 1. The molecule has 200 valence electrons. The normalized spacial score (nSPS) is 12.7. The summed E-state index contributed by atoms with van der Waals surface area (Å²) in [4.78, 5) is 12.5. The Morgan fingerprint density at radius 1 is 0.944 bits per heavy atom. The van der Waals surface area contributed by atoms with Gasteiger partial charge in [-0.2, -0.15) is 0 Å². The zero-order valence-electron chi connectivity index (χ0n) is 23.3. The number of aryl methyl sites for hydroxylation is 2. The zero-order valence-corrected chi connectivity index (χ0v) is 24.1. The number of nitrogens with one attached hydrogen (secondary N) is 1. The second-order valence-corrected chi connectivity index (χ2v) is 11.1. The van der Waals surface area contributed by atoms with Crippen LogP contribution in [-0.2, 0) is 11.2 Å². The van der Waals surface area contributed by atoms with Crippen LogP contribution in [0.4, 0.5) is 0 Å². The van der Waals surface area contributed by atoms with E-state index in [0.29, 0.717) is 17.3 Å². The molecule has 0 radical (unpaired) electrons. The number of carbonyl (C=O) groups is 1. The third-order valence-electron chi connectivity index (χ3n) is 6.50. The van der Waals surface area contributed by atoms with Crippen LogP contribution in [0.5, 0.6) is 17.2 Å². The van der Waals surface area contributed by atoms with Gasteiger partial charge in [0.25, 0.3) is 5.91 Å². The van der Waals surface area contributed by atoms with Gasteiger partial charge in [0.05, 0.1) is 0 Å². The van der Waals surface area contributed by atoms with Gasteiger partial charge in [-0.15, -0.1) is 0 Å². The molecule has 0 heterocycles. The molecule has 0 aliphatic heterocycles. The highest BCUT2D eigenvalue weighted by molar-refractivity contribution is 6.30. The van der Waals surface area contributed by atoms with Crippen molar-refractivity contribution in [1.82, 2.24) is 5.32 Å². The Balaban J connectivity index is 1.91. The maximum Gasteiger partial charge on any atom is 0.260 e. The Bertz CT molecular complexity index is 1000. The topological polar surface area (TPSA) is 56.8 Å². The number of hydrogen-bond donors (Lipinski definition) is 1. The first-order valence-corrected chi connectivity index (χ1v) is 13.4. The van der Waals surface area contributed by atoms with E-state index in [0.717, 1.165) is 54.7 Å². The van der Waals surface area contributed by atoms with E-state index in [1.54, 1.807) is 19.1 Å². The van der Waals surface area contributed by atoms with Crippen LogP contribution >= 0.6 is 11.6 Å². The molecule has 6 heteroatoms. The number of hydrogen-bond acceptors (Lipinski definition) is 4. The van der Waals surface area contributed by atoms with Crippen LogP contribution in [-0.4, -0.2) is 29.8 Å². The molecule has 0 spiro atoms. The minimum atomic E-state index is -0.582. The molecular weight excluding hydrogens is 474 g/mol. The lowest BCUT2D eigenvalue weighted by atomic mass is 10.0. The van der Waals surface area contributed by atoms with E-state index >= 15 is 0 Å². The van der Waals surface area contributed by atoms with Crippen LogP contribution in [0.2, 0.25) is 5.02 Å². The van der Waals surface area contributed by atoms with Gasteiger partial charge in [0.2, 0.25) is 0 Å². The Morgan fingerprint density at radius 2 is 1.61 bits per heavy atom. The third kappa shape index (κ3) is 9.57. The number of halogens is 1. The summed E-state index contributed by atoms with van der Waals surface area (Å²) in [5, 5.41) is 3.63. The largest absolute Gasteiger partial charge is 0.488 e. The number of amides is 1. The van der Waals surface area contributed by atoms with Crippen LogP contribution in [0.25, 0.3) is 0 Å². The molecule has 1 atom stereocenters. The predicted octanol–water partition coefficient (Wildman–Crippen LogP) is 7.69. The molecule has 0 bridgehead atoms. The van der Waals surface area contributed by atoms with Crippen molar-refractivity contribution in [2.45, 2.75) is 105 Å². The molecule has 0 saturated carbocycles. The highest BCUT2D eigenvalue weighted by atomic mass is 35.5. The lowest BCUT2D eigenvalue weighted by Gasteiger charge is -2.29. The minimum absolute atomic E-state index is 0.127. The molecule has 0 aromatic heterocycles. The fourth-order valence-electron chi connectivity index (χ4n) is 3.45. The summed E-state index contributed by atoms with van der Waals surface area (Å²) >= 11 is 6.00. The van der Waals surface area contributed by atoms with E-state index in [9.17, 15) is 4.79 Å². The van der Waals surface area contributed by atoms with E-state index in [-0.39, 0.29) is 17.1 Å². The first-order chi connectivity index (χ1) is 16.9. The fourth-order valence-corrected chi connectivity index (χ4v) is 3.67. The molecular formula is C30H44ClNO4. The Morgan fingerprint density at radius 3 is 2.25 bits per heavy atom. The fraction of sp³-hybridized carbons (Fsp3) is 0.567. The molecule has 0 saturated heterocycles. The second kappa shape index (κ2) is 13.2. The Hall–Kier alpha value is -2.40. The van der Waals surface area contributed by atoms with Crippen molar-refractivity contribution in [2.75, 3.05) is 6.54 Å². The van der Waals surface area contributed by atoms with Gasteiger partial charge in [0.1, 0.15) is 28.5 Å². The zero-order chi connectivity index (χ0) is 26.9. The van der Waals surface area contributed by atoms with Crippen molar-refractivity contribution in [2.24, 2.45) is 0 Å². The van der Waals surface area contributed by atoms with Crippen LogP contribution in [0, 0.1) is 6.92 Å². The predicted molar refractivity (Wildman–Crippen MR) is 149 cm³/mol. The van der Waals surface area contributed by atoms with Gasteiger partial charge in [-0.25, -0.2) is 0 Å². The van der Waals surface area contributed by atoms with Gasteiger partial charge >= 0.3 is 0 Å². The highest BCUT2D eigenvalue weighted by Gasteiger charge is 2.22. The van der Waals surface area contributed by atoms with Gasteiger partial charge in [-0.05, 0) is 109 Å². The molecule has 2 aromatic rings. The van der Waals surface area contributed by atoms with E-state index in [1.165, 1.54) is 0 Å². The maximum absolute atomic E-state index is 12.5. The first kappa shape index (κ1) is 29.8. The highest BCUT2D eigenvalue weighted by Crippen LogP contribution is 2.32. The standard InChI is InChI=1S/C30H44ClNO4/c1-9-29(5,6)35-25-16-14-23(27(20-25)36-30(7,8)10-2)13-11-12-18-32-28(33)22(4)34-26-17-15-24(31)19-21(26)3/h14-17,19-20,22H,9-13,18H2,1-8H3,(H,32,33). The Kier molecular flexibility index (Phi) is 11.0. The molecule has 1 unspecified atom stereocenters. The lowest BCUT2D eigenvalue weighted by molar-refractivity contribution is -0.127. The van der Waals surface area contributed by atoms with Crippen molar-refractivity contribution in [1.29, 1.82) is 0 Å². The molecule has 2 aromatic carbocycles. The molecule has 1 N–H and O–H groups in total. The number of carbonyl (C=O) groups excluding carboxylic acids is 1. The minimum Gasteiger partial charge on any atom is -0.488 e. The van der Waals surface area contributed by atoms with E-state index in [2.05, 4.69) is 52.9 Å². The van der Waals surface area contributed by atoms with Gasteiger partial charge in [-0.1, -0.05) is 31.5 Å². The quantitative estimate of drug-likeness (QED) is 0.261. The Labute approximate surface area is 222 Å². The van der Waals surface area contributed by atoms with Gasteiger partial charge < -0.3 is 19.5 Å². The third-order valence-corrected chi connectivity index (χ3v) is 6.74. The van der Waals surface area contributed by atoms with Crippen LogP contribution in [0.3, 0.4) is 0 Å². The van der Waals surface area contributed by atoms with Crippen molar-refractivity contribution in [3.8, 4) is 17.2 Å². The second-order valence-electron chi connectivity index (χ2n) is 10.6. The first-order valence-electron chi connectivity index (χ1n) is 13.1. The summed E-state index contributed by atoms with van der Waals surface area (Å²) in [5.74, 6) is 2.23. The molecule has 0 aliphatic carbocycles. The van der Waals surface area contributed by atoms with E-state index in [4.69, 9.17) is 25.8 Å².